The predicted molar refractivity (Wildman–Crippen MR) is 79.1 cm³/mol. The average molecular weight is 271 g/mol. The second-order valence-electron chi connectivity index (χ2n) is 4.28. The van der Waals surface area contributed by atoms with Crippen molar-refractivity contribution in [1.29, 1.82) is 0 Å². The third-order valence-electron chi connectivity index (χ3n) is 2.88. The van der Waals surface area contributed by atoms with Crippen LogP contribution in [0.1, 0.15) is 22.8 Å². The van der Waals surface area contributed by atoms with Crippen LogP contribution >= 0.6 is 0 Å². The number of benzene rings is 1. The summed E-state index contributed by atoms with van der Waals surface area (Å²) in [6.07, 6.45) is 1.53. The highest BCUT2D eigenvalue weighted by atomic mass is 16.5. The Morgan fingerprint density at radius 3 is 2.80 bits per heavy atom. The summed E-state index contributed by atoms with van der Waals surface area (Å²) in [4.78, 5) is 16.0. The molecule has 20 heavy (non-hydrogen) atoms. The van der Waals surface area contributed by atoms with Crippen molar-refractivity contribution in [3.63, 3.8) is 0 Å². The first-order valence-electron chi connectivity index (χ1n) is 6.37. The summed E-state index contributed by atoms with van der Waals surface area (Å²) in [5.41, 5.74) is 8.55. The number of nitrogens with two attached hydrogens (primary N) is 1. The van der Waals surface area contributed by atoms with Crippen LogP contribution in [0.5, 0.6) is 0 Å². The Hall–Kier alpha value is -2.56. The van der Waals surface area contributed by atoms with Gasteiger partial charge in [-0.2, -0.15) is 0 Å². The van der Waals surface area contributed by atoms with Gasteiger partial charge in [-0.25, -0.2) is 9.78 Å². The number of anilines is 3. The molecule has 0 unspecified atom stereocenters. The molecule has 5 heteroatoms. The minimum Gasteiger partial charge on any atom is -0.462 e. The molecule has 0 aliphatic rings. The molecule has 0 amide bonds. The van der Waals surface area contributed by atoms with Crippen molar-refractivity contribution in [2.45, 2.75) is 13.8 Å². The fraction of sp³-hybridized carbons (Fsp3) is 0.200. The molecule has 0 saturated carbocycles. The number of ether oxygens (including phenoxy) is 1. The maximum Gasteiger partial charge on any atom is 0.340 e. The summed E-state index contributed by atoms with van der Waals surface area (Å²) in [6, 6.07) is 9.32. The molecule has 5 nitrogen and oxygen atoms in total. The van der Waals surface area contributed by atoms with Gasteiger partial charge in [0.25, 0.3) is 0 Å². The fourth-order valence-corrected chi connectivity index (χ4v) is 1.80. The molecule has 1 heterocycles. The zero-order valence-corrected chi connectivity index (χ0v) is 11.5. The first-order valence-corrected chi connectivity index (χ1v) is 6.37. The number of nitrogen functional groups attached to an aromatic ring is 1. The van der Waals surface area contributed by atoms with E-state index in [2.05, 4.69) is 10.3 Å². The van der Waals surface area contributed by atoms with Gasteiger partial charge >= 0.3 is 5.97 Å². The second kappa shape index (κ2) is 6.06. The highest BCUT2D eigenvalue weighted by molar-refractivity contribution is 5.98. The molecule has 104 valence electrons. The number of nitrogens with zero attached hydrogens (tertiary/aromatic N) is 1. The van der Waals surface area contributed by atoms with Gasteiger partial charge in [0, 0.05) is 11.9 Å². The molecule has 2 rings (SSSR count). The van der Waals surface area contributed by atoms with Crippen molar-refractivity contribution in [2.24, 2.45) is 0 Å². The average Bonchev–Trinajstić information content (AvgIpc) is 2.43. The summed E-state index contributed by atoms with van der Waals surface area (Å²) < 4.78 is 4.96. The Balaban J connectivity index is 2.32. The number of hydrogen-bond acceptors (Lipinski definition) is 5. The summed E-state index contributed by atoms with van der Waals surface area (Å²) in [6.45, 7) is 4.04. The van der Waals surface area contributed by atoms with Crippen LogP contribution in [-0.2, 0) is 4.74 Å². The summed E-state index contributed by atoms with van der Waals surface area (Å²) in [5.74, 6) is 0.00471. The lowest BCUT2D eigenvalue weighted by Gasteiger charge is -2.12. The SMILES string of the molecule is CCOC(=O)c1ccnc(Nc2ccccc2C)c1N. The van der Waals surface area contributed by atoms with Crippen molar-refractivity contribution >= 4 is 23.2 Å². The number of aryl methyl sites for hydroxylation is 1. The molecule has 0 radical (unpaired) electrons. The number of nitrogens with one attached hydrogen (secondary N) is 1. The van der Waals surface area contributed by atoms with Crippen LogP contribution in [0.3, 0.4) is 0 Å². The Morgan fingerprint density at radius 1 is 1.35 bits per heavy atom. The van der Waals surface area contributed by atoms with Crippen molar-refractivity contribution in [3.8, 4) is 0 Å². The zero-order valence-electron chi connectivity index (χ0n) is 11.5. The molecule has 1 aromatic heterocycles. The Kier molecular flexibility index (Phi) is 4.20. The molecule has 0 aliphatic heterocycles. The third kappa shape index (κ3) is 2.88. The Labute approximate surface area is 117 Å². The van der Waals surface area contributed by atoms with Crippen LogP contribution < -0.4 is 11.1 Å². The van der Waals surface area contributed by atoms with Crippen LogP contribution in [0.25, 0.3) is 0 Å². The van der Waals surface area contributed by atoms with Crippen LogP contribution in [0, 0.1) is 6.92 Å². The van der Waals surface area contributed by atoms with Crippen LogP contribution in [-0.4, -0.2) is 17.6 Å². The molecule has 0 fully saturated rings. The second-order valence-corrected chi connectivity index (χ2v) is 4.28. The highest BCUT2D eigenvalue weighted by Crippen LogP contribution is 2.25. The minimum atomic E-state index is -0.444. The van der Waals surface area contributed by atoms with E-state index in [1.165, 1.54) is 6.20 Å². The van der Waals surface area contributed by atoms with Gasteiger partial charge in [0.05, 0.1) is 17.9 Å². The van der Waals surface area contributed by atoms with E-state index in [1.54, 1.807) is 13.0 Å². The van der Waals surface area contributed by atoms with Gasteiger partial charge in [0.2, 0.25) is 0 Å². The minimum absolute atomic E-state index is 0.286. The largest absolute Gasteiger partial charge is 0.462 e. The van der Waals surface area contributed by atoms with Gasteiger partial charge in [-0.1, -0.05) is 18.2 Å². The third-order valence-corrected chi connectivity index (χ3v) is 2.88. The zero-order chi connectivity index (χ0) is 14.5. The first-order chi connectivity index (χ1) is 9.63. The van der Waals surface area contributed by atoms with Gasteiger partial charge < -0.3 is 15.8 Å². The molecule has 0 atom stereocenters. The fourth-order valence-electron chi connectivity index (χ4n) is 1.80. The van der Waals surface area contributed by atoms with Gasteiger partial charge in [-0.15, -0.1) is 0 Å². The maximum atomic E-state index is 11.8. The number of para-hydroxylation sites is 1. The highest BCUT2D eigenvalue weighted by Gasteiger charge is 2.14. The number of carbonyl (C=O) groups excluding carboxylic acids is 1. The van der Waals surface area contributed by atoms with Crippen molar-refractivity contribution in [2.75, 3.05) is 17.7 Å². The van der Waals surface area contributed by atoms with E-state index in [9.17, 15) is 4.79 Å². The van der Waals surface area contributed by atoms with Gasteiger partial charge in [-0.3, -0.25) is 0 Å². The van der Waals surface area contributed by atoms with Crippen molar-refractivity contribution in [3.05, 3.63) is 47.7 Å². The molecule has 0 spiro atoms. The van der Waals surface area contributed by atoms with Crippen LogP contribution in [0.4, 0.5) is 17.2 Å². The lowest BCUT2D eigenvalue weighted by atomic mass is 10.2. The van der Waals surface area contributed by atoms with Crippen molar-refractivity contribution in [1.82, 2.24) is 4.98 Å². The van der Waals surface area contributed by atoms with E-state index >= 15 is 0 Å². The number of carbonyl (C=O) groups is 1. The van der Waals surface area contributed by atoms with E-state index in [0.29, 0.717) is 18.0 Å². The molecule has 0 aliphatic carbocycles. The smallest absolute Gasteiger partial charge is 0.340 e. The molecular formula is C15H17N3O2. The van der Waals surface area contributed by atoms with E-state index in [-0.39, 0.29) is 5.69 Å². The van der Waals surface area contributed by atoms with E-state index in [4.69, 9.17) is 10.5 Å². The molecule has 2 aromatic rings. The number of aromatic nitrogens is 1. The maximum absolute atomic E-state index is 11.8. The van der Waals surface area contributed by atoms with Gasteiger partial charge in [0.15, 0.2) is 5.82 Å². The molecule has 0 bridgehead atoms. The monoisotopic (exact) mass is 271 g/mol. The molecule has 0 saturated heterocycles. The Morgan fingerprint density at radius 2 is 2.10 bits per heavy atom. The summed E-state index contributed by atoms with van der Waals surface area (Å²) in [7, 11) is 0. The number of pyridine rings is 1. The topological polar surface area (TPSA) is 77.2 Å². The molecule has 1 aromatic carbocycles. The number of esters is 1. The quantitative estimate of drug-likeness (QED) is 0.836. The summed E-state index contributed by atoms with van der Waals surface area (Å²) >= 11 is 0. The van der Waals surface area contributed by atoms with E-state index < -0.39 is 5.97 Å². The lowest BCUT2D eigenvalue weighted by Crippen LogP contribution is -2.10. The molecular weight excluding hydrogens is 254 g/mol. The van der Waals surface area contributed by atoms with Crippen molar-refractivity contribution < 1.29 is 9.53 Å². The van der Waals surface area contributed by atoms with E-state index in [0.717, 1.165) is 11.3 Å². The van der Waals surface area contributed by atoms with Crippen LogP contribution in [0.2, 0.25) is 0 Å². The van der Waals surface area contributed by atoms with Crippen LogP contribution in [0.15, 0.2) is 36.5 Å². The normalized spacial score (nSPS) is 10.1. The Bertz CT molecular complexity index is 626. The van der Waals surface area contributed by atoms with Gasteiger partial charge in [0.1, 0.15) is 0 Å². The number of hydrogen-bond donors (Lipinski definition) is 2. The summed E-state index contributed by atoms with van der Waals surface area (Å²) in [5, 5.41) is 3.13. The lowest BCUT2D eigenvalue weighted by molar-refractivity contribution is 0.0527. The predicted octanol–water partition coefficient (Wildman–Crippen LogP) is 2.89. The van der Waals surface area contributed by atoms with Gasteiger partial charge in [-0.05, 0) is 31.5 Å². The first kappa shape index (κ1) is 13.9. The van der Waals surface area contributed by atoms with E-state index in [1.807, 2.05) is 31.2 Å². The molecule has 3 N–H and O–H groups in total. The number of rotatable bonds is 4. The standard InChI is InChI=1S/C15H17N3O2/c1-3-20-15(19)11-8-9-17-14(13(11)16)18-12-7-5-4-6-10(12)2/h4-9H,3,16H2,1-2H3,(H,17,18).